The summed E-state index contributed by atoms with van der Waals surface area (Å²) in [4.78, 5) is 12.8. The molecule has 2 aromatic carbocycles. The lowest BCUT2D eigenvalue weighted by molar-refractivity contribution is -0.123. The van der Waals surface area contributed by atoms with Gasteiger partial charge in [-0.3, -0.25) is 4.79 Å². The SMILES string of the molecule is O=C(NCc1ccc(Cl)cc1)C(NS(=O)(=O)c1cccs1)c1ccccc1. The second-order valence-corrected chi connectivity index (χ2v) is 9.07. The van der Waals surface area contributed by atoms with E-state index in [2.05, 4.69) is 10.0 Å². The lowest BCUT2D eigenvalue weighted by Crippen LogP contribution is -2.39. The summed E-state index contributed by atoms with van der Waals surface area (Å²) in [5.74, 6) is -0.434. The molecule has 1 amide bonds. The van der Waals surface area contributed by atoms with Crippen molar-refractivity contribution in [2.75, 3.05) is 0 Å². The van der Waals surface area contributed by atoms with E-state index in [1.54, 1.807) is 66.0 Å². The van der Waals surface area contributed by atoms with Gasteiger partial charge in [-0.15, -0.1) is 11.3 Å². The zero-order valence-corrected chi connectivity index (χ0v) is 16.5. The molecule has 0 saturated carbocycles. The Hall–Kier alpha value is -2.19. The van der Waals surface area contributed by atoms with Crippen LogP contribution in [0.4, 0.5) is 0 Å². The number of thiophene rings is 1. The van der Waals surface area contributed by atoms with Crippen molar-refractivity contribution in [3.05, 3.63) is 88.3 Å². The highest BCUT2D eigenvalue weighted by atomic mass is 35.5. The summed E-state index contributed by atoms with van der Waals surface area (Å²) >= 11 is 6.96. The quantitative estimate of drug-likeness (QED) is 0.611. The van der Waals surface area contributed by atoms with Crippen molar-refractivity contribution in [1.82, 2.24) is 10.0 Å². The van der Waals surface area contributed by atoms with Gasteiger partial charge in [-0.05, 0) is 34.7 Å². The van der Waals surface area contributed by atoms with E-state index in [9.17, 15) is 13.2 Å². The molecule has 1 aromatic heterocycles. The van der Waals surface area contributed by atoms with E-state index < -0.39 is 22.0 Å². The number of nitrogens with one attached hydrogen (secondary N) is 2. The average Bonchev–Trinajstić information content (AvgIpc) is 3.22. The maximum absolute atomic E-state index is 12.8. The van der Waals surface area contributed by atoms with E-state index >= 15 is 0 Å². The fourth-order valence-electron chi connectivity index (χ4n) is 2.44. The Morgan fingerprint density at radius 2 is 1.70 bits per heavy atom. The van der Waals surface area contributed by atoms with Gasteiger partial charge in [-0.1, -0.05) is 60.1 Å². The number of carbonyl (C=O) groups excluding carboxylic acids is 1. The summed E-state index contributed by atoms with van der Waals surface area (Å²) in [6.45, 7) is 0.264. The lowest BCUT2D eigenvalue weighted by Gasteiger charge is -2.18. The molecule has 1 atom stereocenters. The van der Waals surface area contributed by atoms with Gasteiger partial charge in [-0.2, -0.15) is 4.72 Å². The van der Waals surface area contributed by atoms with E-state index in [1.165, 1.54) is 6.07 Å². The zero-order valence-electron chi connectivity index (χ0n) is 14.1. The third-order valence-electron chi connectivity index (χ3n) is 3.81. The van der Waals surface area contributed by atoms with E-state index in [0.29, 0.717) is 10.6 Å². The molecule has 0 saturated heterocycles. The van der Waals surface area contributed by atoms with Gasteiger partial charge < -0.3 is 5.32 Å². The highest BCUT2D eigenvalue weighted by molar-refractivity contribution is 7.91. The van der Waals surface area contributed by atoms with Crippen LogP contribution < -0.4 is 10.0 Å². The summed E-state index contributed by atoms with van der Waals surface area (Å²) < 4.78 is 27.9. The van der Waals surface area contributed by atoms with Gasteiger partial charge in [0.25, 0.3) is 10.0 Å². The molecule has 0 radical (unpaired) electrons. The predicted molar refractivity (Wildman–Crippen MR) is 107 cm³/mol. The van der Waals surface area contributed by atoms with E-state index in [0.717, 1.165) is 16.9 Å². The van der Waals surface area contributed by atoms with Gasteiger partial charge in [-0.25, -0.2) is 8.42 Å². The van der Waals surface area contributed by atoms with Crippen LogP contribution >= 0.6 is 22.9 Å². The van der Waals surface area contributed by atoms with Gasteiger partial charge in [0.15, 0.2) is 0 Å². The monoisotopic (exact) mass is 420 g/mol. The van der Waals surface area contributed by atoms with Crippen molar-refractivity contribution in [1.29, 1.82) is 0 Å². The van der Waals surface area contributed by atoms with Crippen molar-refractivity contribution in [2.45, 2.75) is 16.8 Å². The maximum atomic E-state index is 12.8. The normalized spacial score (nSPS) is 12.5. The molecular weight excluding hydrogens is 404 g/mol. The Kier molecular flexibility index (Phi) is 6.28. The fraction of sp³-hybridized carbons (Fsp3) is 0.105. The van der Waals surface area contributed by atoms with Gasteiger partial charge in [0.2, 0.25) is 5.91 Å². The number of carbonyl (C=O) groups is 1. The van der Waals surface area contributed by atoms with Crippen molar-refractivity contribution >= 4 is 38.9 Å². The minimum atomic E-state index is -3.81. The second kappa shape index (κ2) is 8.67. The van der Waals surface area contributed by atoms with Crippen molar-refractivity contribution in [3.63, 3.8) is 0 Å². The highest BCUT2D eigenvalue weighted by Gasteiger charge is 2.27. The summed E-state index contributed by atoms with van der Waals surface area (Å²) in [7, 11) is -3.81. The Morgan fingerprint density at radius 1 is 1.00 bits per heavy atom. The fourth-order valence-corrected chi connectivity index (χ4v) is 4.76. The van der Waals surface area contributed by atoms with Crippen LogP contribution in [0.3, 0.4) is 0 Å². The molecule has 1 unspecified atom stereocenters. The minimum absolute atomic E-state index is 0.161. The summed E-state index contributed by atoms with van der Waals surface area (Å²) in [5.41, 5.74) is 1.42. The van der Waals surface area contributed by atoms with Gasteiger partial charge in [0.05, 0.1) is 0 Å². The van der Waals surface area contributed by atoms with Crippen molar-refractivity contribution in [2.24, 2.45) is 0 Å². The number of rotatable bonds is 7. The van der Waals surface area contributed by atoms with E-state index in [1.807, 2.05) is 0 Å². The number of sulfonamides is 1. The Labute approximate surface area is 167 Å². The molecule has 140 valence electrons. The van der Waals surface area contributed by atoms with E-state index in [-0.39, 0.29) is 10.8 Å². The molecule has 3 aromatic rings. The van der Waals surface area contributed by atoms with Crippen LogP contribution in [0.15, 0.2) is 76.3 Å². The van der Waals surface area contributed by atoms with Crippen LogP contribution in [0, 0.1) is 0 Å². The topological polar surface area (TPSA) is 75.3 Å². The number of benzene rings is 2. The molecule has 0 aliphatic heterocycles. The molecule has 0 fully saturated rings. The molecule has 0 bridgehead atoms. The molecule has 3 rings (SSSR count). The third-order valence-corrected chi connectivity index (χ3v) is 6.88. The van der Waals surface area contributed by atoms with E-state index in [4.69, 9.17) is 11.6 Å². The minimum Gasteiger partial charge on any atom is -0.350 e. The van der Waals surface area contributed by atoms with Gasteiger partial charge >= 0.3 is 0 Å². The standard InChI is InChI=1S/C19H17ClN2O3S2/c20-16-10-8-14(9-11-16)13-21-19(23)18(15-5-2-1-3-6-15)22-27(24,25)17-7-4-12-26-17/h1-12,18,22H,13H2,(H,21,23). The first-order valence-corrected chi connectivity index (χ1v) is 10.8. The molecule has 0 aliphatic rings. The molecule has 0 aliphatic carbocycles. The average molecular weight is 421 g/mol. The second-order valence-electron chi connectivity index (χ2n) is 5.74. The number of halogens is 1. The van der Waals surface area contributed by atoms with Crippen molar-refractivity contribution in [3.8, 4) is 0 Å². The molecular formula is C19H17ClN2O3S2. The number of amides is 1. The van der Waals surface area contributed by atoms with Crippen molar-refractivity contribution < 1.29 is 13.2 Å². The largest absolute Gasteiger partial charge is 0.350 e. The van der Waals surface area contributed by atoms with Crippen LogP contribution in [0.25, 0.3) is 0 Å². The Balaban J connectivity index is 1.79. The highest BCUT2D eigenvalue weighted by Crippen LogP contribution is 2.21. The lowest BCUT2D eigenvalue weighted by atomic mass is 10.1. The third kappa shape index (κ3) is 5.17. The Bertz CT molecular complexity index is 989. The smallest absolute Gasteiger partial charge is 0.251 e. The zero-order chi connectivity index (χ0) is 19.3. The molecule has 0 spiro atoms. The molecule has 27 heavy (non-hydrogen) atoms. The maximum Gasteiger partial charge on any atom is 0.251 e. The first kappa shape index (κ1) is 19.6. The molecule has 8 heteroatoms. The summed E-state index contributed by atoms with van der Waals surface area (Å²) in [6.07, 6.45) is 0. The molecule has 2 N–H and O–H groups in total. The summed E-state index contributed by atoms with van der Waals surface area (Å²) in [5, 5.41) is 5.06. The molecule has 5 nitrogen and oxygen atoms in total. The van der Waals surface area contributed by atoms with Crippen LogP contribution in [-0.4, -0.2) is 14.3 Å². The van der Waals surface area contributed by atoms with Crippen LogP contribution in [0.1, 0.15) is 17.2 Å². The number of hydrogen-bond acceptors (Lipinski definition) is 4. The van der Waals surface area contributed by atoms with Gasteiger partial charge in [0, 0.05) is 11.6 Å². The molecule has 1 heterocycles. The first-order valence-electron chi connectivity index (χ1n) is 8.09. The van der Waals surface area contributed by atoms with Crippen LogP contribution in [0.5, 0.6) is 0 Å². The van der Waals surface area contributed by atoms with Gasteiger partial charge in [0.1, 0.15) is 10.3 Å². The summed E-state index contributed by atoms with van der Waals surface area (Å²) in [6, 6.07) is 17.9. The van der Waals surface area contributed by atoms with Crippen LogP contribution in [-0.2, 0) is 21.4 Å². The first-order chi connectivity index (χ1) is 13.0. The van der Waals surface area contributed by atoms with Crippen LogP contribution in [0.2, 0.25) is 5.02 Å². The Morgan fingerprint density at radius 3 is 2.33 bits per heavy atom. The predicted octanol–water partition coefficient (Wildman–Crippen LogP) is 3.74. The number of hydrogen-bond donors (Lipinski definition) is 2.